The number of aromatic nitrogens is 3. The third kappa shape index (κ3) is 4.43. The molecule has 1 amide bonds. The Morgan fingerprint density at radius 3 is 2.67 bits per heavy atom. The molecule has 0 N–H and O–H groups in total. The summed E-state index contributed by atoms with van der Waals surface area (Å²) in [4.78, 5) is 23.6. The Balaban J connectivity index is 1.18. The maximum absolute atomic E-state index is 13.0. The van der Waals surface area contributed by atoms with Crippen molar-refractivity contribution in [3.05, 3.63) is 65.0 Å². The van der Waals surface area contributed by atoms with Gasteiger partial charge in [0.2, 0.25) is 0 Å². The van der Waals surface area contributed by atoms with Gasteiger partial charge in [0.15, 0.2) is 0 Å². The second-order valence-electron chi connectivity index (χ2n) is 8.98. The van der Waals surface area contributed by atoms with Crippen molar-refractivity contribution in [1.82, 2.24) is 24.6 Å². The van der Waals surface area contributed by atoms with Crippen molar-refractivity contribution in [2.75, 3.05) is 38.1 Å². The van der Waals surface area contributed by atoms with Gasteiger partial charge in [-0.15, -0.1) is 11.3 Å². The van der Waals surface area contributed by atoms with Crippen LogP contribution in [-0.4, -0.2) is 63.8 Å². The normalized spacial score (nSPS) is 20.3. The van der Waals surface area contributed by atoms with Gasteiger partial charge in [-0.3, -0.25) is 4.90 Å². The van der Waals surface area contributed by atoms with Gasteiger partial charge in [0.05, 0.1) is 18.1 Å². The molecule has 172 valence electrons. The highest BCUT2D eigenvalue weighted by molar-refractivity contribution is 7.13. The maximum atomic E-state index is 13.0. The van der Waals surface area contributed by atoms with Gasteiger partial charge in [-0.05, 0) is 30.4 Å². The second-order valence-corrected chi connectivity index (χ2v) is 10.3. The lowest BCUT2D eigenvalue weighted by Gasteiger charge is -2.22. The van der Waals surface area contributed by atoms with E-state index in [1.165, 1.54) is 4.68 Å². The highest BCUT2D eigenvalue weighted by Crippen LogP contribution is 2.34. The van der Waals surface area contributed by atoms with Gasteiger partial charge in [-0.25, -0.2) is 9.78 Å². The van der Waals surface area contributed by atoms with E-state index in [2.05, 4.69) is 33.7 Å². The number of anilines is 1. The number of halogens is 1. The average Bonchev–Trinajstić information content (AvgIpc) is 3.57. The molecule has 2 unspecified atom stereocenters. The summed E-state index contributed by atoms with van der Waals surface area (Å²) in [5, 5.41) is 8.02. The summed E-state index contributed by atoms with van der Waals surface area (Å²) in [7, 11) is 1.92. The molecule has 7 nitrogen and oxygen atoms in total. The molecule has 2 aliphatic heterocycles. The number of carbonyl (C=O) groups excluding carboxylic acids is 1. The van der Waals surface area contributed by atoms with E-state index in [1.807, 2.05) is 41.4 Å². The molecule has 5 rings (SSSR count). The monoisotopic (exact) mass is 482 g/mol. The van der Waals surface area contributed by atoms with Crippen LogP contribution in [0.3, 0.4) is 0 Å². The number of hydrogen-bond donors (Lipinski definition) is 0. The quantitative estimate of drug-likeness (QED) is 0.529. The number of benzene rings is 1. The number of rotatable bonds is 5. The molecule has 4 heterocycles. The maximum Gasteiger partial charge on any atom is 0.344 e. The van der Waals surface area contributed by atoms with Crippen LogP contribution in [-0.2, 0) is 6.54 Å². The third-order valence-electron chi connectivity index (χ3n) is 6.68. The summed E-state index contributed by atoms with van der Waals surface area (Å²) < 4.78 is 1.44. The molecule has 9 heteroatoms. The Morgan fingerprint density at radius 2 is 2.03 bits per heavy atom. The summed E-state index contributed by atoms with van der Waals surface area (Å²) in [6.07, 6.45) is 5.29. The van der Waals surface area contributed by atoms with Crippen molar-refractivity contribution in [2.24, 2.45) is 11.8 Å². The van der Waals surface area contributed by atoms with Crippen molar-refractivity contribution >= 4 is 34.7 Å². The summed E-state index contributed by atoms with van der Waals surface area (Å²) >= 11 is 8.21. The van der Waals surface area contributed by atoms with E-state index in [0.29, 0.717) is 11.8 Å². The fourth-order valence-electron chi connectivity index (χ4n) is 4.75. The number of allylic oxidation sites excluding steroid dienone is 1. The Kier molecular flexibility index (Phi) is 5.99. The van der Waals surface area contributed by atoms with E-state index >= 15 is 0 Å². The van der Waals surface area contributed by atoms with Crippen LogP contribution < -0.4 is 4.90 Å². The zero-order valence-electron chi connectivity index (χ0n) is 18.8. The number of thiazole rings is 1. The number of nitrogens with zero attached hydrogens (tertiary/aromatic N) is 6. The first-order valence-electron chi connectivity index (χ1n) is 11.0. The zero-order valence-corrected chi connectivity index (χ0v) is 20.4. The zero-order chi connectivity index (χ0) is 23.1. The topological polar surface area (TPSA) is 57.5 Å². The lowest BCUT2D eigenvalue weighted by atomic mass is 10.0. The number of likely N-dealkylation sites (tertiary alicyclic amines) is 2. The molecular weight excluding hydrogens is 456 g/mol. The highest BCUT2D eigenvalue weighted by Gasteiger charge is 2.42. The molecule has 2 aromatic heterocycles. The predicted molar refractivity (Wildman–Crippen MR) is 133 cm³/mol. The minimum atomic E-state index is -0.0573. The van der Waals surface area contributed by atoms with Crippen molar-refractivity contribution in [3.8, 4) is 10.6 Å². The first-order chi connectivity index (χ1) is 15.9. The van der Waals surface area contributed by atoms with Crippen molar-refractivity contribution in [1.29, 1.82) is 0 Å². The molecule has 3 aromatic rings. The Morgan fingerprint density at radius 1 is 1.27 bits per heavy atom. The molecule has 0 spiro atoms. The van der Waals surface area contributed by atoms with Crippen LogP contribution in [0, 0.1) is 11.8 Å². The Labute approximate surface area is 202 Å². The van der Waals surface area contributed by atoms with E-state index < -0.39 is 0 Å². The summed E-state index contributed by atoms with van der Waals surface area (Å²) in [5.74, 6) is 0.964. The van der Waals surface area contributed by atoms with Crippen LogP contribution in [0.5, 0.6) is 0 Å². The number of amides is 1. The fourth-order valence-corrected chi connectivity index (χ4v) is 5.62. The van der Waals surface area contributed by atoms with Gasteiger partial charge >= 0.3 is 6.03 Å². The fraction of sp³-hybridized carbons (Fsp3) is 0.375. The lowest BCUT2D eigenvalue weighted by Crippen LogP contribution is -2.36. The molecular formula is C24H27ClN6OS. The molecule has 2 saturated heterocycles. The number of carbonyl (C=O) groups is 1. The Bertz CT molecular complexity index is 1160. The van der Waals surface area contributed by atoms with Crippen LogP contribution >= 0.6 is 22.9 Å². The molecule has 0 aliphatic carbocycles. The molecule has 2 aliphatic rings. The summed E-state index contributed by atoms with van der Waals surface area (Å²) in [5.41, 5.74) is 3.95. The first kappa shape index (κ1) is 22.1. The van der Waals surface area contributed by atoms with Crippen LogP contribution in [0.25, 0.3) is 10.6 Å². The second kappa shape index (κ2) is 8.93. The van der Waals surface area contributed by atoms with Crippen molar-refractivity contribution in [2.45, 2.75) is 13.5 Å². The van der Waals surface area contributed by atoms with Gasteiger partial charge in [-0.1, -0.05) is 30.3 Å². The average molecular weight is 483 g/mol. The summed E-state index contributed by atoms with van der Waals surface area (Å²) in [6.45, 7) is 10.2. The molecule has 2 atom stereocenters. The lowest BCUT2D eigenvalue weighted by molar-refractivity contribution is 0.197. The largest absolute Gasteiger partial charge is 0.347 e. The minimum absolute atomic E-state index is 0.0573. The molecule has 1 aromatic carbocycles. The first-order valence-corrected chi connectivity index (χ1v) is 12.3. The van der Waals surface area contributed by atoms with Gasteiger partial charge in [0.25, 0.3) is 0 Å². The highest BCUT2D eigenvalue weighted by atomic mass is 35.5. The van der Waals surface area contributed by atoms with Crippen LogP contribution in [0.15, 0.2) is 54.4 Å². The SMILES string of the molecule is C=C(C)N(C)c1cnn(C(=O)N2CC3CN(Cc4ccc(-c5nccs5)cc4Cl)CC3C2)c1. The smallest absolute Gasteiger partial charge is 0.344 e. The van der Waals surface area contributed by atoms with E-state index in [0.717, 1.165) is 65.3 Å². The molecule has 0 radical (unpaired) electrons. The van der Waals surface area contributed by atoms with Gasteiger partial charge in [0, 0.05) is 67.6 Å². The molecule has 33 heavy (non-hydrogen) atoms. The van der Waals surface area contributed by atoms with Gasteiger partial charge in [0.1, 0.15) is 5.01 Å². The molecule has 2 fully saturated rings. The van der Waals surface area contributed by atoms with E-state index in [9.17, 15) is 4.79 Å². The number of fused-ring (bicyclic) bond motifs is 1. The standard InChI is InChI=1S/C24H27ClN6OS/c1-16(2)28(3)21-9-27-31(15-21)24(32)30-13-19-11-29(12-20(19)14-30)10-18-5-4-17(8-22(18)25)23-26-6-7-33-23/h4-9,15,19-20H,1,10-14H2,2-3H3. The predicted octanol–water partition coefficient (Wildman–Crippen LogP) is 4.66. The van der Waals surface area contributed by atoms with Gasteiger partial charge in [-0.2, -0.15) is 9.78 Å². The van der Waals surface area contributed by atoms with Crippen LogP contribution in [0.2, 0.25) is 5.02 Å². The van der Waals surface area contributed by atoms with E-state index in [1.54, 1.807) is 23.7 Å². The van der Waals surface area contributed by atoms with E-state index in [-0.39, 0.29) is 6.03 Å². The molecule has 0 saturated carbocycles. The van der Waals surface area contributed by atoms with Crippen LogP contribution in [0.1, 0.15) is 12.5 Å². The molecule has 0 bridgehead atoms. The van der Waals surface area contributed by atoms with Crippen LogP contribution in [0.4, 0.5) is 10.5 Å². The number of hydrogen-bond acceptors (Lipinski definition) is 6. The van der Waals surface area contributed by atoms with Crippen molar-refractivity contribution in [3.63, 3.8) is 0 Å². The van der Waals surface area contributed by atoms with Gasteiger partial charge < -0.3 is 9.80 Å². The Hall–Kier alpha value is -2.68. The third-order valence-corrected chi connectivity index (χ3v) is 7.86. The van der Waals surface area contributed by atoms with Crippen molar-refractivity contribution < 1.29 is 4.79 Å². The minimum Gasteiger partial charge on any atom is -0.347 e. The van der Waals surface area contributed by atoms with E-state index in [4.69, 9.17) is 11.6 Å². The summed E-state index contributed by atoms with van der Waals surface area (Å²) in [6, 6.07) is 6.16.